The van der Waals surface area contributed by atoms with Crippen LogP contribution in [-0.4, -0.2) is 70.1 Å². The molecule has 0 aliphatic carbocycles. The average molecular weight is 516 g/mol. The van der Waals surface area contributed by atoms with E-state index >= 15 is 0 Å². The third-order valence-electron chi connectivity index (χ3n) is 3.80. The summed E-state index contributed by atoms with van der Waals surface area (Å²) in [6, 6.07) is 0. The summed E-state index contributed by atoms with van der Waals surface area (Å²) in [7, 11) is -5.22. The summed E-state index contributed by atoms with van der Waals surface area (Å²) in [5.41, 5.74) is -5.24. The van der Waals surface area contributed by atoms with E-state index in [9.17, 15) is 21.6 Å². The van der Waals surface area contributed by atoms with E-state index < -0.39 is 15.5 Å². The standard InChI is InChI=1S/C14H27F3N4O3S.HI/c1-3-18-13(19-7-10-24-4-2)20-11-12-5-8-21(9-6-12)25(22,23)14(15,16)17;/h12H,3-11H2,1-2H3,(H2,18,19,20);1H. The molecule has 156 valence electrons. The molecule has 0 bridgehead atoms. The molecule has 1 fully saturated rings. The van der Waals surface area contributed by atoms with Crippen molar-refractivity contribution in [3.05, 3.63) is 0 Å². The van der Waals surface area contributed by atoms with Crippen LogP contribution in [0.2, 0.25) is 0 Å². The maximum Gasteiger partial charge on any atom is 0.511 e. The quantitative estimate of drug-likeness (QED) is 0.223. The summed E-state index contributed by atoms with van der Waals surface area (Å²) in [5, 5.41) is 6.19. The molecule has 2 N–H and O–H groups in total. The largest absolute Gasteiger partial charge is 0.511 e. The van der Waals surface area contributed by atoms with E-state index in [1.807, 2.05) is 13.8 Å². The van der Waals surface area contributed by atoms with Crippen LogP contribution in [0.3, 0.4) is 0 Å². The van der Waals surface area contributed by atoms with Gasteiger partial charge in [-0.2, -0.15) is 17.5 Å². The summed E-state index contributed by atoms with van der Waals surface area (Å²) in [5.74, 6) is 0.676. The van der Waals surface area contributed by atoms with Crippen LogP contribution < -0.4 is 10.6 Å². The number of halogens is 4. The lowest BCUT2D eigenvalue weighted by Crippen LogP contribution is -2.45. The monoisotopic (exact) mass is 516 g/mol. The molecule has 0 saturated carbocycles. The number of nitrogens with one attached hydrogen (secondary N) is 2. The average Bonchev–Trinajstić information content (AvgIpc) is 2.55. The number of hydrogen-bond donors (Lipinski definition) is 2. The first-order chi connectivity index (χ1) is 11.7. The predicted octanol–water partition coefficient (Wildman–Crippen LogP) is 1.76. The van der Waals surface area contributed by atoms with Crippen LogP contribution >= 0.6 is 24.0 Å². The second-order valence-electron chi connectivity index (χ2n) is 5.64. The molecule has 1 aliphatic heterocycles. The maximum absolute atomic E-state index is 12.5. The van der Waals surface area contributed by atoms with Crippen molar-refractivity contribution in [2.24, 2.45) is 10.9 Å². The van der Waals surface area contributed by atoms with E-state index in [-0.39, 0.29) is 43.0 Å². The van der Waals surface area contributed by atoms with Gasteiger partial charge in [-0.1, -0.05) is 0 Å². The van der Waals surface area contributed by atoms with Crippen molar-refractivity contribution in [1.29, 1.82) is 0 Å². The SMILES string of the molecule is CCNC(=NCC1CCN(S(=O)(=O)C(F)(F)F)CC1)NCCOCC.I. The highest BCUT2D eigenvalue weighted by Crippen LogP contribution is 2.30. The first kappa shape index (κ1) is 25.7. The zero-order valence-electron chi connectivity index (χ0n) is 15.0. The highest BCUT2D eigenvalue weighted by molar-refractivity contribution is 14.0. The lowest BCUT2D eigenvalue weighted by Gasteiger charge is -2.30. The second-order valence-corrected chi connectivity index (χ2v) is 7.57. The van der Waals surface area contributed by atoms with E-state index in [2.05, 4.69) is 15.6 Å². The van der Waals surface area contributed by atoms with Gasteiger partial charge >= 0.3 is 15.5 Å². The third-order valence-corrected chi connectivity index (χ3v) is 5.43. The van der Waals surface area contributed by atoms with Crippen molar-refractivity contribution < 1.29 is 26.3 Å². The Bertz CT molecular complexity index is 524. The van der Waals surface area contributed by atoms with Gasteiger partial charge in [-0.05, 0) is 32.6 Å². The Balaban J connectivity index is 0.00000625. The summed E-state index contributed by atoms with van der Waals surface area (Å²) < 4.78 is 66.1. The molecule has 0 unspecified atom stereocenters. The van der Waals surface area contributed by atoms with Gasteiger partial charge in [0.1, 0.15) is 0 Å². The molecule has 26 heavy (non-hydrogen) atoms. The van der Waals surface area contributed by atoms with Gasteiger partial charge in [-0.25, -0.2) is 8.42 Å². The minimum absolute atomic E-state index is 0. The van der Waals surface area contributed by atoms with E-state index in [1.54, 1.807) is 0 Å². The Morgan fingerprint density at radius 1 is 1.23 bits per heavy atom. The number of sulfonamides is 1. The Kier molecular flexibility index (Phi) is 12.0. The van der Waals surface area contributed by atoms with Crippen LogP contribution in [-0.2, 0) is 14.8 Å². The Morgan fingerprint density at radius 2 is 1.85 bits per heavy atom. The van der Waals surface area contributed by atoms with Gasteiger partial charge in [0.25, 0.3) is 0 Å². The van der Waals surface area contributed by atoms with E-state index in [4.69, 9.17) is 4.74 Å². The highest BCUT2D eigenvalue weighted by Gasteiger charge is 2.50. The third kappa shape index (κ3) is 8.13. The summed E-state index contributed by atoms with van der Waals surface area (Å²) in [6.45, 7) is 6.48. The maximum atomic E-state index is 12.5. The van der Waals surface area contributed by atoms with Crippen LogP contribution in [0.25, 0.3) is 0 Å². The minimum atomic E-state index is -5.24. The van der Waals surface area contributed by atoms with Gasteiger partial charge in [-0.3, -0.25) is 4.99 Å². The van der Waals surface area contributed by atoms with Crippen LogP contribution in [0.5, 0.6) is 0 Å². The van der Waals surface area contributed by atoms with E-state index in [0.29, 0.717) is 56.0 Å². The van der Waals surface area contributed by atoms with Gasteiger partial charge < -0.3 is 15.4 Å². The molecule has 1 heterocycles. The number of rotatable bonds is 8. The Hall–Kier alpha value is -0.340. The van der Waals surface area contributed by atoms with Gasteiger partial charge in [0.2, 0.25) is 0 Å². The zero-order valence-corrected chi connectivity index (χ0v) is 18.2. The van der Waals surface area contributed by atoms with Gasteiger partial charge in [0, 0.05) is 39.3 Å². The van der Waals surface area contributed by atoms with E-state index in [1.165, 1.54) is 0 Å². The molecular weight excluding hydrogens is 488 g/mol. The van der Waals surface area contributed by atoms with E-state index in [0.717, 1.165) is 0 Å². The molecule has 0 aromatic carbocycles. The minimum Gasteiger partial charge on any atom is -0.380 e. The van der Waals surface area contributed by atoms with Crippen molar-refractivity contribution >= 4 is 40.0 Å². The number of piperidine rings is 1. The number of guanidine groups is 1. The molecule has 0 atom stereocenters. The lowest BCUT2D eigenvalue weighted by atomic mass is 9.98. The van der Waals surface area contributed by atoms with Gasteiger partial charge in [0.05, 0.1) is 6.61 Å². The van der Waals surface area contributed by atoms with Crippen molar-refractivity contribution in [1.82, 2.24) is 14.9 Å². The molecule has 12 heteroatoms. The molecule has 0 radical (unpaired) electrons. The van der Waals surface area contributed by atoms with Gasteiger partial charge in [0.15, 0.2) is 5.96 Å². The van der Waals surface area contributed by atoms with Crippen LogP contribution in [0.1, 0.15) is 26.7 Å². The second kappa shape index (κ2) is 12.2. The molecule has 1 saturated heterocycles. The number of ether oxygens (including phenoxy) is 1. The Morgan fingerprint density at radius 3 is 2.35 bits per heavy atom. The van der Waals surface area contributed by atoms with Crippen molar-refractivity contribution in [3.8, 4) is 0 Å². The topological polar surface area (TPSA) is 83.0 Å². The normalized spacial score (nSPS) is 17.7. The number of aliphatic imine (C=N–C) groups is 1. The van der Waals surface area contributed by atoms with Crippen molar-refractivity contribution in [2.45, 2.75) is 32.2 Å². The van der Waals surface area contributed by atoms with Crippen LogP contribution in [0, 0.1) is 5.92 Å². The van der Waals surface area contributed by atoms with Crippen molar-refractivity contribution in [3.63, 3.8) is 0 Å². The fourth-order valence-corrected chi connectivity index (χ4v) is 3.41. The molecule has 0 spiro atoms. The summed E-state index contributed by atoms with van der Waals surface area (Å²) >= 11 is 0. The first-order valence-electron chi connectivity index (χ1n) is 8.38. The van der Waals surface area contributed by atoms with Gasteiger partial charge in [-0.15, -0.1) is 24.0 Å². The molecule has 0 amide bonds. The van der Waals surface area contributed by atoms with Crippen LogP contribution in [0.4, 0.5) is 13.2 Å². The number of hydrogen-bond acceptors (Lipinski definition) is 4. The summed E-state index contributed by atoms with van der Waals surface area (Å²) in [6.07, 6.45) is 0.717. The number of nitrogens with zero attached hydrogens (tertiary/aromatic N) is 2. The smallest absolute Gasteiger partial charge is 0.380 e. The fraction of sp³-hybridized carbons (Fsp3) is 0.929. The molecule has 0 aromatic rings. The number of alkyl halides is 3. The first-order valence-corrected chi connectivity index (χ1v) is 9.82. The fourth-order valence-electron chi connectivity index (χ4n) is 2.43. The molecular formula is C14H28F3IN4O3S. The highest BCUT2D eigenvalue weighted by atomic mass is 127. The molecule has 1 aliphatic rings. The zero-order chi connectivity index (χ0) is 18.9. The van der Waals surface area contributed by atoms with Crippen LogP contribution in [0.15, 0.2) is 4.99 Å². The molecule has 1 rings (SSSR count). The molecule has 0 aromatic heterocycles. The molecule has 7 nitrogen and oxygen atoms in total. The summed E-state index contributed by atoms with van der Waals surface area (Å²) in [4.78, 5) is 4.42. The lowest BCUT2D eigenvalue weighted by molar-refractivity contribution is -0.0496. The van der Waals surface area contributed by atoms with Crippen molar-refractivity contribution in [2.75, 3.05) is 45.9 Å². The predicted molar refractivity (Wildman–Crippen MR) is 105 cm³/mol. The Labute approximate surface area is 170 Å².